The van der Waals surface area contributed by atoms with Gasteiger partial charge in [0.25, 0.3) is 0 Å². The van der Waals surface area contributed by atoms with Crippen LogP contribution in [0.4, 0.5) is 10.5 Å². The molecule has 0 saturated carbocycles. The highest BCUT2D eigenvalue weighted by Gasteiger charge is 2.23. The van der Waals surface area contributed by atoms with Crippen LogP contribution in [0.1, 0.15) is 13.3 Å². The lowest BCUT2D eigenvalue weighted by Gasteiger charge is -2.26. The van der Waals surface area contributed by atoms with Crippen LogP contribution in [0.15, 0.2) is 24.3 Å². The lowest BCUT2D eigenvalue weighted by atomic mass is 10.2. The average molecular weight is 262 g/mol. The number of nitrogens with one attached hydrogen (secondary N) is 1. The van der Waals surface area contributed by atoms with E-state index in [0.717, 1.165) is 0 Å². The second-order valence-corrected chi connectivity index (χ2v) is 4.24. The fraction of sp³-hybridized carbons (Fsp3) is 0.308. The van der Waals surface area contributed by atoms with E-state index in [2.05, 4.69) is 5.32 Å². The number of Topliss-reactive ketones (excluding diaryl/α,β-unsaturated/α-hetero) is 1. The summed E-state index contributed by atoms with van der Waals surface area (Å²) >= 11 is 0. The first kappa shape index (κ1) is 13.1. The minimum Gasteiger partial charge on any atom is -0.486 e. The standard InChI is InChI=1S/C13H14N2O4/c1-9(16)8-19-11-4-2-10(3-5-11)15-7-6-12(17)14-13(15)18/h2-5H,6-8H2,1H3,(H,14,17,18). The Hall–Kier alpha value is -2.37. The lowest BCUT2D eigenvalue weighted by molar-refractivity contribution is -0.120. The molecule has 0 spiro atoms. The Morgan fingerprint density at radius 2 is 2.00 bits per heavy atom. The second kappa shape index (κ2) is 5.51. The van der Waals surface area contributed by atoms with Crippen molar-refractivity contribution in [2.24, 2.45) is 0 Å². The Labute approximate surface area is 110 Å². The van der Waals surface area contributed by atoms with Crippen LogP contribution in [0.3, 0.4) is 0 Å². The summed E-state index contributed by atoms with van der Waals surface area (Å²) in [6.07, 6.45) is 0.286. The predicted molar refractivity (Wildman–Crippen MR) is 68.1 cm³/mol. The zero-order chi connectivity index (χ0) is 13.8. The third-order valence-electron chi connectivity index (χ3n) is 2.64. The van der Waals surface area contributed by atoms with E-state index in [1.54, 1.807) is 24.3 Å². The van der Waals surface area contributed by atoms with E-state index < -0.39 is 6.03 Å². The molecule has 0 aromatic heterocycles. The first-order valence-corrected chi connectivity index (χ1v) is 5.90. The molecule has 0 radical (unpaired) electrons. The molecule has 1 aromatic rings. The first-order chi connectivity index (χ1) is 9.06. The molecule has 1 fully saturated rings. The first-order valence-electron chi connectivity index (χ1n) is 5.90. The van der Waals surface area contributed by atoms with Crippen molar-refractivity contribution in [1.29, 1.82) is 0 Å². The second-order valence-electron chi connectivity index (χ2n) is 4.24. The largest absolute Gasteiger partial charge is 0.486 e. The van der Waals surface area contributed by atoms with Gasteiger partial charge in [0.2, 0.25) is 5.91 Å². The van der Waals surface area contributed by atoms with Gasteiger partial charge >= 0.3 is 6.03 Å². The summed E-state index contributed by atoms with van der Waals surface area (Å²) in [4.78, 5) is 34.9. The van der Waals surface area contributed by atoms with Crippen molar-refractivity contribution < 1.29 is 19.1 Å². The zero-order valence-corrected chi connectivity index (χ0v) is 10.5. The number of rotatable bonds is 4. The minimum atomic E-state index is -0.423. The molecule has 19 heavy (non-hydrogen) atoms. The molecular weight excluding hydrogens is 248 g/mol. The third kappa shape index (κ3) is 3.31. The smallest absolute Gasteiger partial charge is 0.328 e. The zero-order valence-electron chi connectivity index (χ0n) is 10.5. The van der Waals surface area contributed by atoms with Crippen LogP contribution < -0.4 is 15.0 Å². The summed E-state index contributed by atoms with van der Waals surface area (Å²) in [5.74, 6) is 0.244. The molecule has 6 nitrogen and oxygen atoms in total. The number of amides is 3. The van der Waals surface area contributed by atoms with Crippen molar-refractivity contribution in [3.05, 3.63) is 24.3 Å². The molecule has 0 unspecified atom stereocenters. The van der Waals surface area contributed by atoms with E-state index in [-0.39, 0.29) is 24.7 Å². The molecule has 1 aliphatic rings. The van der Waals surface area contributed by atoms with Crippen LogP contribution >= 0.6 is 0 Å². The number of imide groups is 1. The maximum atomic E-state index is 11.6. The molecule has 1 aliphatic heterocycles. The van der Waals surface area contributed by atoms with Gasteiger partial charge in [0.05, 0.1) is 0 Å². The van der Waals surface area contributed by atoms with Crippen LogP contribution in [-0.4, -0.2) is 30.9 Å². The summed E-state index contributed by atoms with van der Waals surface area (Å²) in [6, 6.07) is 6.37. The number of ether oxygens (including phenoxy) is 1. The van der Waals surface area contributed by atoms with Crippen molar-refractivity contribution in [2.75, 3.05) is 18.1 Å². The highest BCUT2D eigenvalue weighted by Crippen LogP contribution is 2.21. The van der Waals surface area contributed by atoms with Crippen LogP contribution in [0.2, 0.25) is 0 Å². The van der Waals surface area contributed by atoms with E-state index in [1.165, 1.54) is 11.8 Å². The van der Waals surface area contributed by atoms with Gasteiger partial charge in [0.1, 0.15) is 12.4 Å². The lowest BCUT2D eigenvalue weighted by Crippen LogP contribution is -2.49. The van der Waals surface area contributed by atoms with Crippen LogP contribution in [0.5, 0.6) is 5.75 Å². The van der Waals surface area contributed by atoms with E-state index >= 15 is 0 Å². The number of carbonyl (C=O) groups is 3. The summed E-state index contributed by atoms with van der Waals surface area (Å²) in [7, 11) is 0. The Kier molecular flexibility index (Phi) is 3.79. The van der Waals surface area contributed by atoms with Gasteiger partial charge in [-0.1, -0.05) is 0 Å². The Bertz CT molecular complexity index is 510. The molecule has 3 amide bonds. The van der Waals surface area contributed by atoms with Crippen molar-refractivity contribution in [2.45, 2.75) is 13.3 Å². The number of benzene rings is 1. The monoisotopic (exact) mass is 262 g/mol. The topological polar surface area (TPSA) is 75.7 Å². The maximum Gasteiger partial charge on any atom is 0.328 e. The van der Waals surface area contributed by atoms with Gasteiger partial charge in [-0.2, -0.15) is 0 Å². The number of ketones is 1. The predicted octanol–water partition coefficient (Wildman–Crippen LogP) is 1.10. The normalized spacial score (nSPS) is 15.1. The molecule has 1 saturated heterocycles. The fourth-order valence-electron chi connectivity index (χ4n) is 1.72. The number of carbonyl (C=O) groups excluding carboxylic acids is 3. The minimum absolute atomic E-state index is 0.0258. The van der Waals surface area contributed by atoms with Crippen LogP contribution in [-0.2, 0) is 9.59 Å². The molecule has 100 valence electrons. The quantitative estimate of drug-likeness (QED) is 0.881. The molecule has 0 atom stereocenters. The highest BCUT2D eigenvalue weighted by atomic mass is 16.5. The average Bonchev–Trinajstić information content (AvgIpc) is 2.37. The van der Waals surface area contributed by atoms with Crippen molar-refractivity contribution in [1.82, 2.24) is 5.32 Å². The van der Waals surface area contributed by atoms with E-state index in [4.69, 9.17) is 4.74 Å². The van der Waals surface area contributed by atoms with Crippen molar-refractivity contribution >= 4 is 23.4 Å². The Morgan fingerprint density at radius 1 is 1.32 bits per heavy atom. The molecule has 1 heterocycles. The Morgan fingerprint density at radius 3 is 2.58 bits per heavy atom. The van der Waals surface area contributed by atoms with Gasteiger partial charge in [-0.15, -0.1) is 0 Å². The molecule has 6 heteroatoms. The number of anilines is 1. The van der Waals surface area contributed by atoms with Gasteiger partial charge in [-0.25, -0.2) is 4.79 Å². The summed E-state index contributed by atoms with van der Waals surface area (Å²) in [6.45, 7) is 1.83. The van der Waals surface area contributed by atoms with E-state index in [9.17, 15) is 14.4 Å². The van der Waals surface area contributed by atoms with Crippen LogP contribution in [0, 0.1) is 0 Å². The molecule has 2 rings (SSSR count). The Balaban J connectivity index is 2.03. The number of hydrogen-bond acceptors (Lipinski definition) is 4. The summed E-state index contributed by atoms with van der Waals surface area (Å²) in [5.41, 5.74) is 0.681. The number of urea groups is 1. The van der Waals surface area contributed by atoms with Gasteiger partial charge in [-0.3, -0.25) is 19.8 Å². The van der Waals surface area contributed by atoms with Gasteiger partial charge in [-0.05, 0) is 31.2 Å². The van der Waals surface area contributed by atoms with Gasteiger partial charge < -0.3 is 4.74 Å². The molecule has 0 aliphatic carbocycles. The highest BCUT2D eigenvalue weighted by molar-refractivity contribution is 6.05. The fourth-order valence-corrected chi connectivity index (χ4v) is 1.72. The van der Waals surface area contributed by atoms with Gasteiger partial charge in [0.15, 0.2) is 5.78 Å². The number of nitrogens with zero attached hydrogens (tertiary/aromatic N) is 1. The molecule has 1 N–H and O–H groups in total. The molecule has 0 bridgehead atoms. The SMILES string of the molecule is CC(=O)COc1ccc(N2CCC(=O)NC2=O)cc1. The van der Waals surface area contributed by atoms with E-state index in [0.29, 0.717) is 18.0 Å². The third-order valence-corrected chi connectivity index (χ3v) is 2.64. The molecule has 1 aromatic carbocycles. The van der Waals surface area contributed by atoms with Crippen LogP contribution in [0.25, 0.3) is 0 Å². The van der Waals surface area contributed by atoms with E-state index in [1.807, 2.05) is 0 Å². The van der Waals surface area contributed by atoms with Crippen molar-refractivity contribution in [3.8, 4) is 5.75 Å². The van der Waals surface area contributed by atoms with Crippen molar-refractivity contribution in [3.63, 3.8) is 0 Å². The maximum absolute atomic E-state index is 11.6. The number of hydrogen-bond donors (Lipinski definition) is 1. The van der Waals surface area contributed by atoms with Gasteiger partial charge in [0, 0.05) is 18.7 Å². The molecular formula is C13H14N2O4. The summed E-state index contributed by atoms with van der Waals surface area (Å²) < 4.78 is 5.23. The summed E-state index contributed by atoms with van der Waals surface area (Å²) in [5, 5.41) is 2.25.